The van der Waals surface area contributed by atoms with E-state index in [0.29, 0.717) is 17.3 Å². The minimum absolute atomic E-state index is 0.377. The Balaban J connectivity index is 1.86. The molecule has 0 bridgehead atoms. The SMILES string of the molecule is COc1ccc(-c2c(N)cc(-n3c(C)nc4ccccc43)nc2N)cc1. The molecule has 0 aliphatic rings. The summed E-state index contributed by atoms with van der Waals surface area (Å²) < 4.78 is 7.16. The quantitative estimate of drug-likeness (QED) is 0.592. The summed E-state index contributed by atoms with van der Waals surface area (Å²) in [6, 6.07) is 17.3. The van der Waals surface area contributed by atoms with Crippen LogP contribution >= 0.6 is 0 Å². The van der Waals surface area contributed by atoms with Gasteiger partial charge in [0.2, 0.25) is 0 Å². The third kappa shape index (κ3) is 2.52. The van der Waals surface area contributed by atoms with Crippen LogP contribution in [0, 0.1) is 6.92 Å². The van der Waals surface area contributed by atoms with E-state index in [2.05, 4.69) is 9.97 Å². The molecular weight excluding hydrogens is 326 g/mol. The van der Waals surface area contributed by atoms with E-state index >= 15 is 0 Å². The number of fused-ring (bicyclic) bond motifs is 1. The minimum atomic E-state index is 0.377. The zero-order valence-electron chi connectivity index (χ0n) is 14.6. The average Bonchev–Trinajstić information content (AvgIpc) is 2.97. The summed E-state index contributed by atoms with van der Waals surface area (Å²) in [5, 5.41) is 0. The number of nitrogens with two attached hydrogens (primary N) is 2. The van der Waals surface area contributed by atoms with Gasteiger partial charge in [0, 0.05) is 17.3 Å². The van der Waals surface area contributed by atoms with Crippen LogP contribution in [-0.4, -0.2) is 21.6 Å². The molecule has 4 rings (SSSR count). The number of hydrogen-bond acceptors (Lipinski definition) is 5. The van der Waals surface area contributed by atoms with Gasteiger partial charge in [-0.3, -0.25) is 4.57 Å². The highest BCUT2D eigenvalue weighted by molar-refractivity contribution is 5.86. The second-order valence-electron chi connectivity index (χ2n) is 6.04. The van der Waals surface area contributed by atoms with E-state index in [1.54, 1.807) is 7.11 Å². The summed E-state index contributed by atoms with van der Waals surface area (Å²) in [5.41, 5.74) is 16.7. The van der Waals surface area contributed by atoms with Gasteiger partial charge in [-0.25, -0.2) is 9.97 Å². The van der Waals surface area contributed by atoms with E-state index in [1.165, 1.54) is 0 Å². The first-order valence-corrected chi connectivity index (χ1v) is 8.23. The number of methoxy groups -OCH3 is 1. The predicted octanol–water partition coefficient (Wildman–Crippen LogP) is 3.57. The maximum atomic E-state index is 6.34. The molecule has 0 aliphatic heterocycles. The number of imidazole rings is 1. The molecule has 0 radical (unpaired) electrons. The second kappa shape index (κ2) is 6.07. The lowest BCUT2D eigenvalue weighted by Crippen LogP contribution is -2.06. The lowest BCUT2D eigenvalue weighted by Gasteiger charge is -2.13. The molecule has 0 saturated heterocycles. The minimum Gasteiger partial charge on any atom is -0.497 e. The monoisotopic (exact) mass is 345 g/mol. The number of aryl methyl sites for hydroxylation is 1. The first-order valence-electron chi connectivity index (χ1n) is 8.23. The van der Waals surface area contributed by atoms with Crippen molar-refractivity contribution in [2.75, 3.05) is 18.6 Å². The number of nitrogen functional groups attached to an aromatic ring is 2. The maximum absolute atomic E-state index is 6.34. The van der Waals surface area contributed by atoms with E-state index in [0.717, 1.165) is 33.7 Å². The van der Waals surface area contributed by atoms with Gasteiger partial charge in [0.15, 0.2) is 0 Å². The fourth-order valence-corrected chi connectivity index (χ4v) is 3.19. The van der Waals surface area contributed by atoms with Gasteiger partial charge in [-0.05, 0) is 36.8 Å². The Bertz CT molecular complexity index is 1080. The molecule has 6 heteroatoms. The first kappa shape index (κ1) is 16.0. The molecule has 2 aromatic carbocycles. The van der Waals surface area contributed by atoms with Crippen LogP contribution in [0.3, 0.4) is 0 Å². The zero-order valence-corrected chi connectivity index (χ0v) is 14.6. The van der Waals surface area contributed by atoms with Gasteiger partial charge in [-0.1, -0.05) is 24.3 Å². The number of aromatic nitrogens is 3. The topological polar surface area (TPSA) is 92.0 Å². The van der Waals surface area contributed by atoms with Crippen molar-refractivity contribution in [2.45, 2.75) is 6.92 Å². The van der Waals surface area contributed by atoms with Crippen LogP contribution < -0.4 is 16.2 Å². The smallest absolute Gasteiger partial charge is 0.143 e. The van der Waals surface area contributed by atoms with Crippen molar-refractivity contribution < 1.29 is 4.74 Å². The summed E-state index contributed by atoms with van der Waals surface area (Å²) in [5.74, 6) is 2.64. The molecule has 0 amide bonds. The number of hydrogen-bond donors (Lipinski definition) is 2. The number of para-hydroxylation sites is 2. The summed E-state index contributed by atoms with van der Waals surface area (Å²) in [4.78, 5) is 9.17. The van der Waals surface area contributed by atoms with Crippen LogP contribution in [0.25, 0.3) is 28.0 Å². The molecule has 0 spiro atoms. The molecule has 2 heterocycles. The standard InChI is InChI=1S/C20H19N5O/c1-12-23-16-5-3-4-6-17(16)25(12)18-11-15(21)19(20(22)24-18)13-7-9-14(26-2)10-8-13/h3-11H,1-2H3,(H4,21,22,24). The Hall–Kier alpha value is -3.54. The molecule has 6 nitrogen and oxygen atoms in total. The van der Waals surface area contributed by atoms with Crippen LogP contribution in [0.5, 0.6) is 5.75 Å². The van der Waals surface area contributed by atoms with Crippen molar-refractivity contribution in [2.24, 2.45) is 0 Å². The predicted molar refractivity (Wildman–Crippen MR) is 104 cm³/mol. The molecule has 4 N–H and O–H groups in total. The third-order valence-corrected chi connectivity index (χ3v) is 4.40. The van der Waals surface area contributed by atoms with E-state index in [-0.39, 0.29) is 0 Å². The van der Waals surface area contributed by atoms with Crippen molar-refractivity contribution >= 4 is 22.5 Å². The van der Waals surface area contributed by atoms with Crippen LogP contribution in [0.15, 0.2) is 54.6 Å². The van der Waals surface area contributed by atoms with Crippen molar-refractivity contribution in [3.05, 3.63) is 60.4 Å². The highest BCUT2D eigenvalue weighted by Gasteiger charge is 2.15. The Labute approximate surface area is 151 Å². The third-order valence-electron chi connectivity index (χ3n) is 4.40. The van der Waals surface area contributed by atoms with Crippen molar-refractivity contribution in [1.82, 2.24) is 14.5 Å². The number of anilines is 2. The second-order valence-corrected chi connectivity index (χ2v) is 6.04. The lowest BCUT2D eigenvalue weighted by molar-refractivity contribution is 0.415. The maximum Gasteiger partial charge on any atom is 0.143 e. The van der Waals surface area contributed by atoms with E-state index in [1.807, 2.05) is 66.1 Å². The van der Waals surface area contributed by atoms with Gasteiger partial charge in [0.25, 0.3) is 0 Å². The fraction of sp³-hybridized carbons (Fsp3) is 0.100. The van der Waals surface area contributed by atoms with Gasteiger partial charge in [-0.2, -0.15) is 0 Å². The Morgan fingerprint density at radius 1 is 0.962 bits per heavy atom. The molecule has 0 aliphatic carbocycles. The number of nitrogens with zero attached hydrogens (tertiary/aromatic N) is 3. The van der Waals surface area contributed by atoms with E-state index < -0.39 is 0 Å². The molecule has 0 fully saturated rings. The largest absolute Gasteiger partial charge is 0.497 e. The Morgan fingerprint density at radius 2 is 1.69 bits per heavy atom. The number of benzene rings is 2. The summed E-state index contributed by atoms with van der Waals surface area (Å²) in [6.45, 7) is 1.94. The summed E-state index contributed by atoms with van der Waals surface area (Å²) in [6.07, 6.45) is 0. The first-order chi connectivity index (χ1) is 12.6. The van der Waals surface area contributed by atoms with Crippen LogP contribution in [0.1, 0.15) is 5.82 Å². The Morgan fingerprint density at radius 3 is 2.38 bits per heavy atom. The molecule has 130 valence electrons. The number of rotatable bonds is 3. The molecule has 4 aromatic rings. The Kier molecular flexibility index (Phi) is 3.73. The van der Waals surface area contributed by atoms with Gasteiger partial charge < -0.3 is 16.2 Å². The van der Waals surface area contributed by atoms with Gasteiger partial charge in [0.05, 0.1) is 18.1 Å². The zero-order chi connectivity index (χ0) is 18.3. The van der Waals surface area contributed by atoms with E-state index in [9.17, 15) is 0 Å². The van der Waals surface area contributed by atoms with Crippen LogP contribution in [0.4, 0.5) is 11.5 Å². The molecule has 0 atom stereocenters. The average molecular weight is 345 g/mol. The number of pyridine rings is 1. The lowest BCUT2D eigenvalue weighted by atomic mass is 10.0. The van der Waals surface area contributed by atoms with E-state index in [4.69, 9.17) is 16.2 Å². The van der Waals surface area contributed by atoms with Crippen LogP contribution in [-0.2, 0) is 0 Å². The fourth-order valence-electron chi connectivity index (χ4n) is 3.19. The normalized spacial score (nSPS) is 11.0. The molecule has 0 unspecified atom stereocenters. The molecular formula is C20H19N5O. The van der Waals surface area contributed by atoms with Crippen molar-refractivity contribution in [3.8, 4) is 22.7 Å². The summed E-state index contributed by atoms with van der Waals surface area (Å²) >= 11 is 0. The van der Waals surface area contributed by atoms with Gasteiger partial charge in [-0.15, -0.1) is 0 Å². The molecule has 0 saturated carbocycles. The van der Waals surface area contributed by atoms with Gasteiger partial charge in [0.1, 0.15) is 23.2 Å². The number of ether oxygens (including phenoxy) is 1. The van der Waals surface area contributed by atoms with Gasteiger partial charge >= 0.3 is 0 Å². The van der Waals surface area contributed by atoms with Crippen molar-refractivity contribution in [1.29, 1.82) is 0 Å². The molecule has 2 aromatic heterocycles. The summed E-state index contributed by atoms with van der Waals surface area (Å²) in [7, 11) is 1.63. The molecule has 26 heavy (non-hydrogen) atoms. The van der Waals surface area contributed by atoms with Crippen molar-refractivity contribution in [3.63, 3.8) is 0 Å². The van der Waals surface area contributed by atoms with Crippen LogP contribution in [0.2, 0.25) is 0 Å². The highest BCUT2D eigenvalue weighted by Crippen LogP contribution is 2.34. The highest BCUT2D eigenvalue weighted by atomic mass is 16.5.